The number of rotatable bonds is 15. The number of aliphatic carboxylic acids is 1. The largest absolute Gasteiger partial charge is 0.506 e. The Hall–Kier alpha value is -5.49. The van der Waals surface area contributed by atoms with Crippen molar-refractivity contribution in [1.29, 1.82) is 0 Å². The standard InChI is InChI=1S/C37H37N3O8/c41-31-18-16-29(30-17-19-33(43)40-34(30)31)32(42)23-38-20-5-2-6-21-48-28-14-12-24(13-15-28)35(44)39-27-11-7-10-26(22-27)37(47,36(45)46)25-8-3-1-4-9-25/h1,3-4,7-19,22,32,38,41-42,47H,2,5-6,20-21,23H2,(H,39,44)(H,40,43)(H,45,46). The molecule has 7 N–H and O–H groups in total. The van der Waals surface area contributed by atoms with Crippen LogP contribution in [0.5, 0.6) is 11.5 Å². The van der Waals surface area contributed by atoms with Crippen molar-refractivity contribution >= 4 is 28.5 Å². The summed E-state index contributed by atoms with van der Waals surface area (Å²) in [6.45, 7) is 1.50. The molecular weight excluding hydrogens is 614 g/mol. The summed E-state index contributed by atoms with van der Waals surface area (Å²) >= 11 is 0. The number of fused-ring (bicyclic) bond motifs is 1. The summed E-state index contributed by atoms with van der Waals surface area (Å²) in [5, 5.41) is 48.3. The second-order valence-electron chi connectivity index (χ2n) is 11.4. The van der Waals surface area contributed by atoms with Crippen LogP contribution in [-0.4, -0.2) is 57.0 Å². The number of nitrogens with one attached hydrogen (secondary N) is 3. The van der Waals surface area contributed by atoms with Crippen molar-refractivity contribution in [3.05, 3.63) is 136 Å². The Bertz CT molecular complexity index is 1930. The average Bonchev–Trinajstić information content (AvgIpc) is 3.10. The molecule has 2 atom stereocenters. The second-order valence-corrected chi connectivity index (χ2v) is 11.4. The van der Waals surface area contributed by atoms with E-state index in [2.05, 4.69) is 15.6 Å². The topological polar surface area (TPSA) is 181 Å². The molecule has 4 aromatic carbocycles. The number of amides is 1. The fourth-order valence-electron chi connectivity index (χ4n) is 5.44. The van der Waals surface area contributed by atoms with E-state index in [1.165, 1.54) is 36.4 Å². The Morgan fingerprint density at radius 1 is 0.854 bits per heavy atom. The number of benzene rings is 4. The number of anilines is 1. The quantitative estimate of drug-likeness (QED) is 0.0791. The third-order valence-corrected chi connectivity index (χ3v) is 8.03. The van der Waals surface area contributed by atoms with Crippen molar-refractivity contribution in [2.75, 3.05) is 25.0 Å². The lowest BCUT2D eigenvalue weighted by Gasteiger charge is -2.25. The number of aromatic nitrogens is 1. The monoisotopic (exact) mass is 651 g/mol. The van der Waals surface area contributed by atoms with Crippen molar-refractivity contribution in [3.63, 3.8) is 0 Å². The third-order valence-electron chi connectivity index (χ3n) is 8.03. The number of carboxylic acids is 1. The zero-order chi connectivity index (χ0) is 34.1. The highest BCUT2D eigenvalue weighted by Crippen LogP contribution is 2.32. The number of aromatic amines is 1. The Morgan fingerprint density at radius 2 is 1.60 bits per heavy atom. The van der Waals surface area contributed by atoms with Gasteiger partial charge in [0, 0.05) is 34.8 Å². The smallest absolute Gasteiger partial charge is 0.345 e. The van der Waals surface area contributed by atoms with Crippen LogP contribution in [0.3, 0.4) is 0 Å². The third kappa shape index (κ3) is 7.89. The molecule has 1 aromatic heterocycles. The van der Waals surface area contributed by atoms with E-state index in [1.807, 2.05) is 0 Å². The second kappa shape index (κ2) is 15.4. The van der Waals surface area contributed by atoms with E-state index in [0.717, 1.165) is 19.3 Å². The fourth-order valence-corrected chi connectivity index (χ4v) is 5.44. The SMILES string of the molecule is O=C(Nc1cccc(C(O)(C(=O)O)c2ccccc2)c1)c1ccc(OCCCCCNCC(O)c2ccc(O)c3[nH]c(=O)ccc23)cc1. The van der Waals surface area contributed by atoms with Gasteiger partial charge in [-0.15, -0.1) is 0 Å². The van der Waals surface area contributed by atoms with Crippen LogP contribution in [0.25, 0.3) is 10.9 Å². The van der Waals surface area contributed by atoms with Crippen LogP contribution in [0, 0.1) is 0 Å². The summed E-state index contributed by atoms with van der Waals surface area (Å²) in [7, 11) is 0. The van der Waals surface area contributed by atoms with Gasteiger partial charge in [-0.3, -0.25) is 9.59 Å². The minimum atomic E-state index is -2.28. The summed E-state index contributed by atoms with van der Waals surface area (Å²) in [6.07, 6.45) is 1.77. The molecule has 1 amide bonds. The maximum atomic E-state index is 12.9. The summed E-state index contributed by atoms with van der Waals surface area (Å²) in [6, 6.07) is 26.9. The van der Waals surface area contributed by atoms with Gasteiger partial charge in [0.05, 0.1) is 18.2 Å². The molecule has 0 saturated heterocycles. The van der Waals surface area contributed by atoms with E-state index < -0.39 is 23.6 Å². The summed E-state index contributed by atoms with van der Waals surface area (Å²) in [5.41, 5.74) is -0.667. The lowest BCUT2D eigenvalue weighted by Crippen LogP contribution is -2.36. The van der Waals surface area contributed by atoms with Crippen molar-refractivity contribution in [2.45, 2.75) is 31.0 Å². The molecule has 0 radical (unpaired) electrons. The number of H-pyrrole nitrogens is 1. The Balaban J connectivity index is 1.04. The number of phenolic OH excluding ortho intramolecular Hbond substituents is 1. The average molecular weight is 652 g/mol. The lowest BCUT2D eigenvalue weighted by molar-refractivity contribution is -0.155. The van der Waals surface area contributed by atoms with Crippen LogP contribution in [0.15, 0.2) is 108 Å². The molecule has 0 bridgehead atoms. The maximum Gasteiger partial charge on any atom is 0.345 e. The number of ether oxygens (including phenoxy) is 1. The van der Waals surface area contributed by atoms with E-state index in [9.17, 15) is 34.8 Å². The van der Waals surface area contributed by atoms with Gasteiger partial charge in [0.2, 0.25) is 11.2 Å². The van der Waals surface area contributed by atoms with Gasteiger partial charge >= 0.3 is 5.97 Å². The van der Waals surface area contributed by atoms with Crippen molar-refractivity contribution in [3.8, 4) is 11.5 Å². The number of pyridine rings is 1. The van der Waals surface area contributed by atoms with Gasteiger partial charge in [-0.25, -0.2) is 4.79 Å². The number of unbranched alkanes of at least 4 members (excludes halogenated alkanes) is 2. The predicted octanol–water partition coefficient (Wildman–Crippen LogP) is 4.68. The highest BCUT2D eigenvalue weighted by atomic mass is 16.5. The van der Waals surface area contributed by atoms with Crippen molar-refractivity contribution in [2.24, 2.45) is 0 Å². The van der Waals surface area contributed by atoms with E-state index in [-0.39, 0.29) is 22.4 Å². The summed E-state index contributed by atoms with van der Waals surface area (Å²) < 4.78 is 5.82. The minimum Gasteiger partial charge on any atom is -0.506 e. The molecule has 0 saturated carbocycles. The zero-order valence-electron chi connectivity index (χ0n) is 26.1. The molecule has 1 heterocycles. The van der Waals surface area contributed by atoms with E-state index in [1.54, 1.807) is 66.7 Å². The normalized spacial score (nSPS) is 13.0. The molecule has 0 aliphatic carbocycles. The van der Waals surface area contributed by atoms with Gasteiger partial charge in [-0.2, -0.15) is 0 Å². The van der Waals surface area contributed by atoms with Gasteiger partial charge in [0.25, 0.3) is 5.91 Å². The summed E-state index contributed by atoms with van der Waals surface area (Å²) in [5.74, 6) is -1.26. The molecular formula is C37H37N3O8. The molecule has 0 aliphatic rings. The molecule has 0 aliphatic heterocycles. The first-order valence-electron chi connectivity index (χ1n) is 15.6. The number of aliphatic hydroxyl groups is 2. The Kier molecular flexibility index (Phi) is 10.9. The molecule has 11 nitrogen and oxygen atoms in total. The van der Waals surface area contributed by atoms with Gasteiger partial charge in [0.1, 0.15) is 11.5 Å². The first kappa shape index (κ1) is 33.9. The molecule has 48 heavy (non-hydrogen) atoms. The van der Waals surface area contributed by atoms with Crippen LogP contribution < -0.4 is 20.9 Å². The minimum absolute atomic E-state index is 0.0487. The van der Waals surface area contributed by atoms with Gasteiger partial charge in [-0.05, 0) is 85.5 Å². The molecule has 11 heteroatoms. The van der Waals surface area contributed by atoms with E-state index in [4.69, 9.17) is 4.74 Å². The van der Waals surface area contributed by atoms with Crippen LogP contribution in [-0.2, 0) is 10.4 Å². The maximum absolute atomic E-state index is 12.9. The summed E-state index contributed by atoms with van der Waals surface area (Å²) in [4.78, 5) is 39.2. The number of phenols is 1. The highest BCUT2D eigenvalue weighted by Gasteiger charge is 2.40. The van der Waals surface area contributed by atoms with Crippen LogP contribution in [0.2, 0.25) is 0 Å². The first-order chi connectivity index (χ1) is 23.2. The number of aliphatic hydroxyl groups excluding tert-OH is 1. The number of carboxylic acid groups (broad SMARTS) is 1. The number of hydrogen-bond donors (Lipinski definition) is 7. The number of carbonyl (C=O) groups excluding carboxylic acids is 1. The lowest BCUT2D eigenvalue weighted by atomic mass is 9.86. The van der Waals surface area contributed by atoms with Crippen LogP contribution in [0.4, 0.5) is 5.69 Å². The van der Waals surface area contributed by atoms with Crippen LogP contribution >= 0.6 is 0 Å². The molecule has 0 fully saturated rings. The van der Waals surface area contributed by atoms with E-state index in [0.29, 0.717) is 53.2 Å². The van der Waals surface area contributed by atoms with Gasteiger partial charge < -0.3 is 40.8 Å². The van der Waals surface area contributed by atoms with Crippen LogP contribution in [0.1, 0.15) is 52.4 Å². The van der Waals surface area contributed by atoms with Crippen molar-refractivity contribution in [1.82, 2.24) is 10.3 Å². The van der Waals surface area contributed by atoms with Gasteiger partial charge in [0.15, 0.2) is 0 Å². The molecule has 0 spiro atoms. The Labute approximate surface area is 276 Å². The predicted molar refractivity (Wildman–Crippen MR) is 181 cm³/mol. The number of carbonyl (C=O) groups is 2. The van der Waals surface area contributed by atoms with Crippen molar-refractivity contribution < 1.29 is 34.8 Å². The fraction of sp³-hybridized carbons (Fsp3) is 0.216. The molecule has 5 rings (SSSR count). The zero-order valence-corrected chi connectivity index (χ0v) is 26.1. The molecule has 2 unspecified atom stereocenters. The van der Waals surface area contributed by atoms with Gasteiger partial charge in [-0.1, -0.05) is 48.5 Å². The number of hydrogen-bond acceptors (Lipinski definition) is 8. The first-order valence-corrected chi connectivity index (χ1v) is 15.6. The number of aromatic hydroxyl groups is 1. The Morgan fingerprint density at radius 3 is 2.35 bits per heavy atom. The molecule has 248 valence electrons. The highest BCUT2D eigenvalue weighted by molar-refractivity contribution is 6.04. The van der Waals surface area contributed by atoms with E-state index >= 15 is 0 Å². The molecule has 5 aromatic rings.